The lowest BCUT2D eigenvalue weighted by atomic mass is 9.96. The van der Waals surface area contributed by atoms with Gasteiger partial charge in [0, 0.05) is 10.4 Å². The molecule has 1 aromatic rings. The maximum Gasteiger partial charge on any atom is 0.101 e. The summed E-state index contributed by atoms with van der Waals surface area (Å²) in [6, 6.07) is 7.94. The second-order valence-electron chi connectivity index (χ2n) is 2.84. The molecule has 1 unspecified atom stereocenters. The van der Waals surface area contributed by atoms with E-state index in [0.717, 1.165) is 10.0 Å². The molecule has 0 N–H and O–H groups in total. The average molecular weight is 236 g/mol. The molecule has 0 aliphatic carbocycles. The summed E-state index contributed by atoms with van der Waals surface area (Å²) in [6.45, 7) is 5.74. The van der Waals surface area contributed by atoms with Crippen LogP contribution in [0.25, 0.3) is 0 Å². The van der Waals surface area contributed by atoms with E-state index in [4.69, 9.17) is 5.26 Å². The van der Waals surface area contributed by atoms with Crippen LogP contribution in [-0.2, 0) is 0 Å². The summed E-state index contributed by atoms with van der Waals surface area (Å²) < 4.78 is 0.848. The predicted octanol–water partition coefficient (Wildman–Crippen LogP) is 3.61. The van der Waals surface area contributed by atoms with E-state index < -0.39 is 0 Å². The van der Waals surface area contributed by atoms with E-state index in [9.17, 15) is 0 Å². The largest absolute Gasteiger partial charge is 0.192 e. The number of allylic oxidation sites excluding steroid dienone is 1. The summed E-state index contributed by atoms with van der Waals surface area (Å²) in [7, 11) is 0. The molecule has 2 heteroatoms. The van der Waals surface area contributed by atoms with Crippen molar-refractivity contribution in [2.45, 2.75) is 12.8 Å². The fourth-order valence-electron chi connectivity index (χ4n) is 1.17. The Morgan fingerprint density at radius 1 is 1.62 bits per heavy atom. The summed E-state index contributed by atoms with van der Waals surface area (Å²) in [5.74, 6) is 0.215. The summed E-state index contributed by atoms with van der Waals surface area (Å²) in [6.07, 6.45) is 1.84. The molecule has 1 aromatic carbocycles. The predicted molar refractivity (Wildman–Crippen MR) is 57.5 cm³/mol. The highest BCUT2D eigenvalue weighted by atomic mass is 79.9. The van der Waals surface area contributed by atoms with Crippen LogP contribution < -0.4 is 0 Å². The quantitative estimate of drug-likeness (QED) is 0.719. The number of halogens is 1. The van der Waals surface area contributed by atoms with Crippen LogP contribution >= 0.6 is 15.9 Å². The van der Waals surface area contributed by atoms with E-state index in [1.54, 1.807) is 0 Å². The number of rotatable bonds is 2. The SMILES string of the molecule is C=CC(C)c1cccc(Br)c1C#N. The van der Waals surface area contributed by atoms with Crippen molar-refractivity contribution in [3.8, 4) is 6.07 Å². The van der Waals surface area contributed by atoms with Gasteiger partial charge in [0.25, 0.3) is 0 Å². The van der Waals surface area contributed by atoms with E-state index in [-0.39, 0.29) is 5.92 Å². The normalized spacial score (nSPS) is 11.8. The number of nitrogens with zero attached hydrogens (tertiary/aromatic N) is 1. The average Bonchev–Trinajstić information content (AvgIpc) is 2.16. The minimum atomic E-state index is 0.215. The fraction of sp³-hybridized carbons (Fsp3) is 0.182. The molecule has 1 atom stereocenters. The zero-order chi connectivity index (χ0) is 9.84. The van der Waals surface area contributed by atoms with Gasteiger partial charge in [-0.15, -0.1) is 6.58 Å². The van der Waals surface area contributed by atoms with Gasteiger partial charge in [-0.05, 0) is 27.6 Å². The molecule has 0 heterocycles. The molecular weight excluding hydrogens is 226 g/mol. The Labute approximate surface area is 86.8 Å². The van der Waals surface area contributed by atoms with Crippen LogP contribution in [0.5, 0.6) is 0 Å². The number of hydrogen-bond acceptors (Lipinski definition) is 1. The van der Waals surface area contributed by atoms with Crippen molar-refractivity contribution in [2.24, 2.45) is 0 Å². The first-order chi connectivity index (χ1) is 6.20. The van der Waals surface area contributed by atoms with Gasteiger partial charge in [-0.3, -0.25) is 0 Å². The maximum absolute atomic E-state index is 8.93. The zero-order valence-corrected chi connectivity index (χ0v) is 9.01. The Hall–Kier alpha value is -1.07. The van der Waals surface area contributed by atoms with Crippen LogP contribution in [0.4, 0.5) is 0 Å². The van der Waals surface area contributed by atoms with Gasteiger partial charge in [0.1, 0.15) is 6.07 Å². The lowest BCUT2D eigenvalue weighted by Gasteiger charge is -2.09. The van der Waals surface area contributed by atoms with Crippen LogP contribution in [-0.4, -0.2) is 0 Å². The molecule has 0 amide bonds. The Kier molecular flexibility index (Phi) is 3.27. The van der Waals surface area contributed by atoms with Crippen LogP contribution in [0.1, 0.15) is 24.0 Å². The molecule has 13 heavy (non-hydrogen) atoms. The van der Waals surface area contributed by atoms with E-state index in [0.29, 0.717) is 5.56 Å². The van der Waals surface area contributed by atoms with Gasteiger partial charge in [-0.2, -0.15) is 5.26 Å². The molecule has 1 rings (SSSR count). The van der Waals surface area contributed by atoms with Crippen molar-refractivity contribution < 1.29 is 0 Å². The highest BCUT2D eigenvalue weighted by Crippen LogP contribution is 2.26. The maximum atomic E-state index is 8.93. The fourth-order valence-corrected chi connectivity index (χ4v) is 1.64. The minimum Gasteiger partial charge on any atom is -0.192 e. The van der Waals surface area contributed by atoms with Crippen molar-refractivity contribution >= 4 is 15.9 Å². The molecular formula is C11H10BrN. The van der Waals surface area contributed by atoms with Crippen LogP contribution in [0.3, 0.4) is 0 Å². The van der Waals surface area contributed by atoms with Crippen molar-refractivity contribution in [1.29, 1.82) is 5.26 Å². The van der Waals surface area contributed by atoms with Crippen LogP contribution in [0, 0.1) is 11.3 Å². The molecule has 0 aromatic heterocycles. The molecule has 0 saturated carbocycles. The van der Waals surface area contributed by atoms with E-state index in [1.807, 2.05) is 31.2 Å². The smallest absolute Gasteiger partial charge is 0.101 e. The first-order valence-corrected chi connectivity index (χ1v) is 4.81. The van der Waals surface area contributed by atoms with Crippen molar-refractivity contribution in [2.75, 3.05) is 0 Å². The molecule has 0 fully saturated rings. The zero-order valence-electron chi connectivity index (χ0n) is 7.42. The van der Waals surface area contributed by atoms with Crippen molar-refractivity contribution in [3.05, 3.63) is 46.5 Å². The highest BCUT2D eigenvalue weighted by molar-refractivity contribution is 9.10. The molecule has 0 radical (unpaired) electrons. The third-order valence-corrected chi connectivity index (χ3v) is 2.66. The summed E-state index contributed by atoms with van der Waals surface area (Å²) >= 11 is 3.35. The highest BCUT2D eigenvalue weighted by Gasteiger charge is 2.09. The van der Waals surface area contributed by atoms with Gasteiger partial charge < -0.3 is 0 Å². The standard InChI is InChI=1S/C11H10BrN/c1-3-8(2)9-5-4-6-11(12)10(9)7-13/h3-6,8H,1H2,2H3. The Morgan fingerprint density at radius 3 is 2.85 bits per heavy atom. The second-order valence-corrected chi connectivity index (χ2v) is 3.69. The van der Waals surface area contributed by atoms with Gasteiger partial charge in [0.2, 0.25) is 0 Å². The lowest BCUT2D eigenvalue weighted by Crippen LogP contribution is -1.94. The van der Waals surface area contributed by atoms with Crippen LogP contribution in [0.15, 0.2) is 35.3 Å². The Bertz CT molecular complexity index is 363. The molecule has 0 bridgehead atoms. The summed E-state index contributed by atoms with van der Waals surface area (Å²) in [4.78, 5) is 0. The minimum absolute atomic E-state index is 0.215. The number of hydrogen-bond donors (Lipinski definition) is 0. The molecule has 0 saturated heterocycles. The lowest BCUT2D eigenvalue weighted by molar-refractivity contribution is 0.963. The van der Waals surface area contributed by atoms with E-state index in [1.165, 1.54) is 0 Å². The van der Waals surface area contributed by atoms with Gasteiger partial charge in [-0.25, -0.2) is 0 Å². The second kappa shape index (κ2) is 4.25. The molecule has 1 nitrogen and oxygen atoms in total. The summed E-state index contributed by atoms with van der Waals surface area (Å²) in [5.41, 5.74) is 1.72. The Balaban J connectivity index is 3.29. The first kappa shape index (κ1) is 10.0. The number of nitriles is 1. The summed E-state index contributed by atoms with van der Waals surface area (Å²) in [5, 5.41) is 8.93. The molecule has 0 aliphatic heterocycles. The monoisotopic (exact) mass is 235 g/mol. The van der Waals surface area contributed by atoms with Gasteiger partial charge in [0.05, 0.1) is 5.56 Å². The van der Waals surface area contributed by atoms with Crippen molar-refractivity contribution in [1.82, 2.24) is 0 Å². The van der Waals surface area contributed by atoms with E-state index >= 15 is 0 Å². The third-order valence-electron chi connectivity index (χ3n) is 2.00. The van der Waals surface area contributed by atoms with Gasteiger partial charge in [0.15, 0.2) is 0 Å². The van der Waals surface area contributed by atoms with Crippen molar-refractivity contribution in [3.63, 3.8) is 0 Å². The molecule has 66 valence electrons. The third kappa shape index (κ3) is 1.99. The molecule has 0 spiro atoms. The number of benzene rings is 1. The van der Waals surface area contributed by atoms with Gasteiger partial charge in [-0.1, -0.05) is 25.1 Å². The van der Waals surface area contributed by atoms with Gasteiger partial charge >= 0.3 is 0 Å². The Morgan fingerprint density at radius 2 is 2.31 bits per heavy atom. The topological polar surface area (TPSA) is 23.8 Å². The van der Waals surface area contributed by atoms with Crippen LogP contribution in [0.2, 0.25) is 0 Å². The van der Waals surface area contributed by atoms with E-state index in [2.05, 4.69) is 28.6 Å². The molecule has 0 aliphatic rings. The first-order valence-electron chi connectivity index (χ1n) is 4.01.